The summed E-state index contributed by atoms with van der Waals surface area (Å²) < 4.78 is 0. The van der Waals surface area contributed by atoms with Gasteiger partial charge in [0.2, 0.25) is 0 Å². The Balaban J connectivity index is 0.000000310. The lowest BCUT2D eigenvalue weighted by atomic mass is 9.77. The van der Waals surface area contributed by atoms with E-state index in [9.17, 15) is 0 Å². The van der Waals surface area contributed by atoms with Crippen molar-refractivity contribution in [2.24, 2.45) is 11.8 Å². The molecule has 96 heavy (non-hydrogen) atoms. The van der Waals surface area contributed by atoms with Gasteiger partial charge in [-0.2, -0.15) is 10.5 Å². The molecule has 0 saturated heterocycles. The van der Waals surface area contributed by atoms with E-state index in [1.807, 2.05) is 24.3 Å². The van der Waals surface area contributed by atoms with Crippen LogP contribution in [0.2, 0.25) is 0 Å². The average Bonchev–Trinajstić information content (AvgIpc) is 1.11. The molecule has 5 heteroatoms. The van der Waals surface area contributed by atoms with E-state index in [1.165, 1.54) is 186 Å². The number of nitriles is 2. The quantitative estimate of drug-likeness (QED) is 0.0661. The fourth-order valence-electron chi connectivity index (χ4n) is 12.2. The Labute approximate surface area is 581 Å². The van der Waals surface area contributed by atoms with Gasteiger partial charge in [0.15, 0.2) is 0 Å². The number of hydrogen-bond acceptors (Lipinski definition) is 2. The lowest BCUT2D eigenvalue weighted by Crippen LogP contribution is -2.13. The third-order valence-corrected chi connectivity index (χ3v) is 18.1. The average molecular weight is 1280 g/mol. The maximum Gasteiger partial charge on any atom is 0.0991 e. The topological polar surface area (TPSA) is 142 Å². The van der Waals surface area contributed by atoms with Gasteiger partial charge < -0.3 is 16.4 Å². The van der Waals surface area contributed by atoms with E-state index in [4.69, 9.17) is 10.5 Å². The first-order valence-corrected chi connectivity index (χ1v) is 35.5. The number of nitrogens with zero attached hydrogens (tertiary/aromatic N) is 2. The van der Waals surface area contributed by atoms with E-state index in [-0.39, 0.29) is 16.4 Å². The number of unbranched alkanes of at least 4 members (excludes halogenated alkanes) is 5. The van der Waals surface area contributed by atoms with E-state index in [0.717, 1.165) is 74.6 Å². The van der Waals surface area contributed by atoms with Crippen LogP contribution in [0.5, 0.6) is 0 Å². The zero-order valence-corrected chi connectivity index (χ0v) is 59.4. The van der Waals surface area contributed by atoms with Gasteiger partial charge in [-0.15, -0.1) is 0 Å². The summed E-state index contributed by atoms with van der Waals surface area (Å²) in [4.78, 5) is 0. The van der Waals surface area contributed by atoms with Crippen LogP contribution in [0.15, 0.2) is 194 Å². The highest BCUT2D eigenvalue weighted by molar-refractivity contribution is 5.47. The maximum absolute atomic E-state index is 8.83. The number of benzene rings is 8. The molecular formula is C91H112N2O3. The summed E-state index contributed by atoms with van der Waals surface area (Å²) >= 11 is 0. The van der Waals surface area contributed by atoms with Gasteiger partial charge in [0, 0.05) is 33.4 Å². The monoisotopic (exact) mass is 1280 g/mol. The summed E-state index contributed by atoms with van der Waals surface area (Å²) in [6.45, 7) is 17.5. The number of aryl methyl sites for hydroxylation is 6. The van der Waals surface area contributed by atoms with Gasteiger partial charge in [-0.25, -0.2) is 0 Å². The fraction of sp³-hybridized carbons (Fsp3) is 0.385. The molecule has 8 aromatic carbocycles. The van der Waals surface area contributed by atoms with Crippen molar-refractivity contribution in [3.8, 4) is 47.7 Å². The van der Waals surface area contributed by atoms with Crippen molar-refractivity contribution < 1.29 is 16.4 Å². The van der Waals surface area contributed by atoms with Crippen molar-refractivity contribution >= 4 is 0 Å². The predicted molar refractivity (Wildman–Crippen MR) is 408 cm³/mol. The minimum Gasteiger partial charge on any atom is -0.412 e. The molecule has 6 N–H and O–H groups in total. The van der Waals surface area contributed by atoms with Crippen LogP contribution in [0.1, 0.15) is 264 Å². The molecule has 0 heterocycles. The van der Waals surface area contributed by atoms with Crippen molar-refractivity contribution in [1.82, 2.24) is 0 Å². The molecule has 2 aliphatic rings. The van der Waals surface area contributed by atoms with Gasteiger partial charge in [0.25, 0.3) is 0 Å². The Hall–Kier alpha value is -8.70. The first-order valence-electron chi connectivity index (χ1n) is 35.5. The molecule has 504 valence electrons. The molecule has 0 aliphatic heterocycles. The van der Waals surface area contributed by atoms with Crippen LogP contribution in [0.4, 0.5) is 0 Å². The summed E-state index contributed by atoms with van der Waals surface area (Å²) in [5.74, 6) is 22.6. The number of hydrogen-bond donors (Lipinski definition) is 0. The summed E-state index contributed by atoms with van der Waals surface area (Å²) in [6.07, 6.45) is 30.3. The zero-order chi connectivity index (χ0) is 66.1. The molecule has 10 rings (SSSR count). The third-order valence-electron chi connectivity index (χ3n) is 18.1. The molecule has 0 amide bonds. The minimum atomic E-state index is 0. The van der Waals surface area contributed by atoms with E-state index in [0.29, 0.717) is 0 Å². The lowest BCUT2D eigenvalue weighted by Gasteiger charge is -2.28. The van der Waals surface area contributed by atoms with Crippen LogP contribution in [0.25, 0.3) is 0 Å². The van der Waals surface area contributed by atoms with E-state index < -0.39 is 0 Å². The Kier molecular flexibility index (Phi) is 40.8. The van der Waals surface area contributed by atoms with E-state index in [2.05, 4.69) is 273 Å². The molecule has 2 aliphatic carbocycles. The van der Waals surface area contributed by atoms with Gasteiger partial charge in [-0.1, -0.05) is 248 Å². The van der Waals surface area contributed by atoms with Gasteiger partial charge >= 0.3 is 0 Å². The molecule has 0 spiro atoms. The van der Waals surface area contributed by atoms with Crippen molar-refractivity contribution in [2.75, 3.05) is 0 Å². The van der Waals surface area contributed by atoms with Crippen molar-refractivity contribution in [2.45, 2.75) is 215 Å². The molecule has 0 atom stereocenters. The third kappa shape index (κ3) is 31.7. The van der Waals surface area contributed by atoms with Crippen molar-refractivity contribution in [1.29, 1.82) is 10.5 Å². The molecule has 8 aromatic rings. The molecule has 0 radical (unpaired) electrons. The van der Waals surface area contributed by atoms with Crippen molar-refractivity contribution in [3.63, 3.8) is 0 Å². The first kappa shape index (κ1) is 81.5. The second-order valence-electron chi connectivity index (χ2n) is 25.9. The van der Waals surface area contributed by atoms with Gasteiger partial charge in [-0.3, -0.25) is 0 Å². The fourth-order valence-corrected chi connectivity index (χ4v) is 12.2. The van der Waals surface area contributed by atoms with Crippen LogP contribution in [0.3, 0.4) is 0 Å². The highest BCUT2D eigenvalue weighted by Crippen LogP contribution is 2.39. The SMILES string of the molecule is CCCC1CCC(c2ccc(C#N)cc2)CC1.CCCCCC1CCC(c2ccc(C#N)cc2)CC1.CCCCCc1ccc(C#Cc2ccc(C)cc2)cc1.CCCCc1ccc(C#Cc2ccc(C)cc2)cc1.CCCc1ccc(C#Cc2ccc(C)cc2)cc1.O.O.O. The Morgan fingerprint density at radius 1 is 0.271 bits per heavy atom. The summed E-state index contributed by atoms with van der Waals surface area (Å²) in [5, 5.41) is 17.6. The molecule has 0 bridgehead atoms. The van der Waals surface area contributed by atoms with Crippen LogP contribution < -0.4 is 0 Å². The highest BCUT2D eigenvalue weighted by Gasteiger charge is 2.23. The number of rotatable bonds is 17. The summed E-state index contributed by atoms with van der Waals surface area (Å²) in [5.41, 5.74) is 18.9. The second-order valence-corrected chi connectivity index (χ2v) is 25.9. The largest absolute Gasteiger partial charge is 0.412 e. The Bertz CT molecular complexity index is 3630. The van der Waals surface area contributed by atoms with E-state index >= 15 is 0 Å². The minimum absolute atomic E-state index is 0. The maximum atomic E-state index is 8.83. The van der Waals surface area contributed by atoms with Crippen LogP contribution in [0, 0.1) is 90.8 Å². The molecule has 2 saturated carbocycles. The lowest BCUT2D eigenvalue weighted by molar-refractivity contribution is 0.303. The van der Waals surface area contributed by atoms with Crippen LogP contribution >= 0.6 is 0 Å². The summed E-state index contributed by atoms with van der Waals surface area (Å²) in [7, 11) is 0. The van der Waals surface area contributed by atoms with Crippen molar-refractivity contribution in [3.05, 3.63) is 283 Å². The van der Waals surface area contributed by atoms with Gasteiger partial charge in [-0.05, 0) is 253 Å². The van der Waals surface area contributed by atoms with E-state index in [1.54, 1.807) is 0 Å². The smallest absolute Gasteiger partial charge is 0.0991 e. The normalized spacial score (nSPS) is 14.6. The molecule has 0 unspecified atom stereocenters. The van der Waals surface area contributed by atoms with Crippen LogP contribution in [-0.4, -0.2) is 16.4 Å². The van der Waals surface area contributed by atoms with Gasteiger partial charge in [0.1, 0.15) is 0 Å². The van der Waals surface area contributed by atoms with Gasteiger partial charge in [0.05, 0.1) is 23.3 Å². The molecule has 2 fully saturated rings. The zero-order valence-electron chi connectivity index (χ0n) is 59.4. The Morgan fingerprint density at radius 3 is 0.833 bits per heavy atom. The predicted octanol–water partition coefficient (Wildman–Crippen LogP) is 21.8. The molecular weight excluding hydrogens is 1170 g/mol. The standard InChI is InChI=1S/C20H22.C19H20.C18H25N.C18H18.C16H21N.3H2O/c1-3-4-5-6-18-11-13-20(14-12-18)16-15-19-9-7-17(2)8-10-19;1-3-4-5-17-10-12-19(13-11-17)15-14-18-8-6-16(2)7-9-18;1-2-3-4-5-15-6-10-17(11-7-15)18-12-8-16(14-19)9-13-18;1-3-4-16-9-11-18(12-10-16)14-13-17-7-5-15(2)6-8-17;1-2-3-13-4-8-15(9-5-13)16-10-6-14(12-17)7-11-16;;;/h7-14H,3-6H2,1-2H3;6-13H,3-5H2,1-2H3;8-9,12-13,15,17H,2-7,10-11H2,1H3;5-12H,3-4H2,1-2H3;6-7,10-11,13,15H,2-5,8-9H2,1H3;3*1H2. The second kappa shape index (κ2) is 48.1. The van der Waals surface area contributed by atoms with Crippen LogP contribution in [-0.2, 0) is 19.3 Å². The highest BCUT2D eigenvalue weighted by atomic mass is 16.0. The Morgan fingerprint density at radius 2 is 0.542 bits per heavy atom. The first-order chi connectivity index (χ1) is 45.5. The molecule has 0 aromatic heterocycles. The molecule has 5 nitrogen and oxygen atoms in total. The summed E-state index contributed by atoms with van der Waals surface area (Å²) in [6, 6.07) is 71.6.